The van der Waals surface area contributed by atoms with Gasteiger partial charge >= 0.3 is 0 Å². The fourth-order valence-electron chi connectivity index (χ4n) is 1.86. The van der Waals surface area contributed by atoms with Gasteiger partial charge in [-0.15, -0.1) is 12.4 Å². The van der Waals surface area contributed by atoms with Gasteiger partial charge in [0.2, 0.25) is 0 Å². The van der Waals surface area contributed by atoms with E-state index in [0.29, 0.717) is 16.1 Å². The number of nitrogens with one attached hydrogen (secondary N) is 1. The molecule has 17 heavy (non-hydrogen) atoms. The van der Waals surface area contributed by atoms with Crippen LogP contribution < -0.4 is 5.32 Å². The van der Waals surface area contributed by atoms with Gasteiger partial charge in [-0.1, -0.05) is 35.3 Å². The summed E-state index contributed by atoms with van der Waals surface area (Å²) in [6.45, 7) is 2.51. The van der Waals surface area contributed by atoms with Gasteiger partial charge in [0.1, 0.15) is 0 Å². The average molecular weight is 297 g/mol. The SMILES string of the molecule is Cl.Clc1cccc(CNCC2CCCO2)c1Cl. The molecule has 1 fully saturated rings. The van der Waals surface area contributed by atoms with Gasteiger partial charge in [0.25, 0.3) is 0 Å². The van der Waals surface area contributed by atoms with Crippen molar-refractivity contribution in [3.05, 3.63) is 33.8 Å². The molecular formula is C12H16Cl3NO. The third kappa shape index (κ3) is 4.31. The zero-order valence-corrected chi connectivity index (χ0v) is 11.7. The molecular weight excluding hydrogens is 280 g/mol. The van der Waals surface area contributed by atoms with Crippen LogP contribution in [0.5, 0.6) is 0 Å². The summed E-state index contributed by atoms with van der Waals surface area (Å²) in [6.07, 6.45) is 2.68. The highest BCUT2D eigenvalue weighted by molar-refractivity contribution is 6.42. The first-order chi connectivity index (χ1) is 7.77. The van der Waals surface area contributed by atoms with Crippen LogP contribution in [0.4, 0.5) is 0 Å². The monoisotopic (exact) mass is 295 g/mol. The van der Waals surface area contributed by atoms with E-state index >= 15 is 0 Å². The Morgan fingerprint density at radius 1 is 1.35 bits per heavy atom. The molecule has 0 aliphatic carbocycles. The average Bonchev–Trinajstić information content (AvgIpc) is 2.77. The lowest BCUT2D eigenvalue weighted by Gasteiger charge is -2.11. The fraction of sp³-hybridized carbons (Fsp3) is 0.500. The predicted molar refractivity (Wildman–Crippen MR) is 74.4 cm³/mol. The van der Waals surface area contributed by atoms with Crippen molar-refractivity contribution >= 4 is 35.6 Å². The number of benzene rings is 1. The molecule has 2 nitrogen and oxygen atoms in total. The van der Waals surface area contributed by atoms with Gasteiger partial charge in [-0.3, -0.25) is 0 Å². The highest BCUT2D eigenvalue weighted by atomic mass is 35.5. The molecule has 1 atom stereocenters. The van der Waals surface area contributed by atoms with E-state index in [4.69, 9.17) is 27.9 Å². The molecule has 0 aromatic heterocycles. The molecule has 2 rings (SSSR count). The van der Waals surface area contributed by atoms with E-state index < -0.39 is 0 Å². The van der Waals surface area contributed by atoms with Gasteiger partial charge in [-0.2, -0.15) is 0 Å². The maximum atomic E-state index is 6.09. The van der Waals surface area contributed by atoms with Crippen molar-refractivity contribution in [3.63, 3.8) is 0 Å². The Morgan fingerprint density at radius 3 is 2.88 bits per heavy atom. The van der Waals surface area contributed by atoms with E-state index in [-0.39, 0.29) is 12.4 Å². The largest absolute Gasteiger partial charge is 0.377 e. The summed E-state index contributed by atoms with van der Waals surface area (Å²) in [4.78, 5) is 0. The van der Waals surface area contributed by atoms with Crippen LogP contribution in [0, 0.1) is 0 Å². The molecule has 1 aromatic carbocycles. The Bertz CT molecular complexity index is 354. The molecule has 1 N–H and O–H groups in total. The molecule has 1 heterocycles. The minimum absolute atomic E-state index is 0. The summed E-state index contributed by atoms with van der Waals surface area (Å²) in [5, 5.41) is 4.60. The molecule has 0 bridgehead atoms. The summed E-state index contributed by atoms with van der Waals surface area (Å²) in [5.74, 6) is 0. The van der Waals surface area contributed by atoms with E-state index in [1.54, 1.807) is 6.07 Å². The molecule has 1 aromatic rings. The Morgan fingerprint density at radius 2 is 2.18 bits per heavy atom. The molecule has 0 saturated carbocycles. The zero-order valence-electron chi connectivity index (χ0n) is 9.42. The van der Waals surface area contributed by atoms with Crippen molar-refractivity contribution in [3.8, 4) is 0 Å². The third-order valence-corrected chi connectivity index (χ3v) is 3.60. The third-order valence-electron chi connectivity index (χ3n) is 2.74. The summed E-state index contributed by atoms with van der Waals surface area (Å²) < 4.78 is 5.52. The van der Waals surface area contributed by atoms with Gasteiger partial charge in [-0.05, 0) is 24.5 Å². The quantitative estimate of drug-likeness (QED) is 0.915. The van der Waals surface area contributed by atoms with Crippen molar-refractivity contribution in [2.75, 3.05) is 13.2 Å². The molecule has 96 valence electrons. The van der Waals surface area contributed by atoms with Crippen molar-refractivity contribution < 1.29 is 4.74 Å². The van der Waals surface area contributed by atoms with Crippen LogP contribution in [0.1, 0.15) is 18.4 Å². The Kier molecular flexibility index (Phi) is 6.60. The predicted octanol–water partition coefficient (Wildman–Crippen LogP) is 3.68. The molecule has 1 aliphatic heterocycles. The first kappa shape index (κ1) is 15.1. The second-order valence-corrected chi connectivity index (χ2v) is 4.76. The summed E-state index contributed by atoms with van der Waals surface area (Å²) in [7, 11) is 0. The second kappa shape index (κ2) is 7.45. The highest BCUT2D eigenvalue weighted by Crippen LogP contribution is 2.25. The molecule has 0 amide bonds. The van der Waals surface area contributed by atoms with Crippen molar-refractivity contribution in [2.45, 2.75) is 25.5 Å². The molecule has 0 spiro atoms. The molecule has 1 unspecified atom stereocenters. The lowest BCUT2D eigenvalue weighted by molar-refractivity contribution is 0.110. The lowest BCUT2D eigenvalue weighted by Crippen LogP contribution is -2.25. The number of hydrogen-bond donors (Lipinski definition) is 1. The molecule has 1 aliphatic rings. The molecule has 5 heteroatoms. The van der Waals surface area contributed by atoms with Crippen LogP contribution in [0.3, 0.4) is 0 Å². The maximum Gasteiger partial charge on any atom is 0.0700 e. The van der Waals surface area contributed by atoms with Crippen LogP contribution in [-0.2, 0) is 11.3 Å². The maximum absolute atomic E-state index is 6.09. The number of hydrogen-bond acceptors (Lipinski definition) is 2. The van der Waals surface area contributed by atoms with Crippen LogP contribution >= 0.6 is 35.6 Å². The second-order valence-electron chi connectivity index (χ2n) is 3.98. The summed E-state index contributed by atoms with van der Waals surface area (Å²) in [6, 6.07) is 5.70. The Hall–Kier alpha value is 0.01000. The van der Waals surface area contributed by atoms with Gasteiger partial charge in [0.05, 0.1) is 16.1 Å². The smallest absolute Gasteiger partial charge is 0.0700 e. The number of rotatable bonds is 4. The normalized spacial score (nSPS) is 19.1. The molecule has 0 radical (unpaired) electrons. The Labute approximate surface area is 118 Å². The van der Waals surface area contributed by atoms with E-state index in [0.717, 1.165) is 31.7 Å². The van der Waals surface area contributed by atoms with E-state index in [1.807, 2.05) is 12.1 Å². The van der Waals surface area contributed by atoms with Gasteiger partial charge < -0.3 is 10.1 Å². The summed E-state index contributed by atoms with van der Waals surface area (Å²) in [5.41, 5.74) is 1.03. The first-order valence-electron chi connectivity index (χ1n) is 5.52. The van der Waals surface area contributed by atoms with Crippen LogP contribution in [0.15, 0.2) is 18.2 Å². The van der Waals surface area contributed by atoms with Gasteiger partial charge in [0, 0.05) is 19.7 Å². The first-order valence-corrected chi connectivity index (χ1v) is 6.28. The van der Waals surface area contributed by atoms with Crippen LogP contribution in [0.2, 0.25) is 10.0 Å². The minimum atomic E-state index is 0. The van der Waals surface area contributed by atoms with Gasteiger partial charge in [0.15, 0.2) is 0 Å². The number of ether oxygens (including phenoxy) is 1. The Balaban J connectivity index is 0.00000144. The van der Waals surface area contributed by atoms with E-state index in [1.165, 1.54) is 6.42 Å². The number of halogens is 3. The fourth-order valence-corrected chi connectivity index (χ4v) is 2.25. The van der Waals surface area contributed by atoms with E-state index in [9.17, 15) is 0 Å². The zero-order chi connectivity index (χ0) is 11.4. The molecule has 1 saturated heterocycles. The van der Waals surface area contributed by atoms with Crippen molar-refractivity contribution in [2.24, 2.45) is 0 Å². The highest BCUT2D eigenvalue weighted by Gasteiger charge is 2.14. The lowest BCUT2D eigenvalue weighted by atomic mass is 10.2. The minimum Gasteiger partial charge on any atom is -0.377 e. The standard InChI is InChI=1S/C12H15Cl2NO.ClH/c13-11-5-1-3-9(12(11)14)7-15-8-10-4-2-6-16-10;/h1,3,5,10,15H,2,4,6-8H2;1H. The van der Waals surface area contributed by atoms with Crippen molar-refractivity contribution in [1.29, 1.82) is 0 Å². The van der Waals surface area contributed by atoms with E-state index in [2.05, 4.69) is 5.32 Å². The van der Waals surface area contributed by atoms with Crippen molar-refractivity contribution in [1.82, 2.24) is 5.32 Å². The topological polar surface area (TPSA) is 21.3 Å². The van der Waals surface area contributed by atoms with Gasteiger partial charge in [-0.25, -0.2) is 0 Å². The summed E-state index contributed by atoms with van der Waals surface area (Å²) >= 11 is 12.0. The van der Waals surface area contributed by atoms with Crippen LogP contribution in [0.25, 0.3) is 0 Å². The van der Waals surface area contributed by atoms with Crippen LogP contribution in [-0.4, -0.2) is 19.3 Å².